The number of nitrogens with zero attached hydrogens (tertiary/aromatic N) is 2. The fraction of sp³-hybridized carbons (Fsp3) is 0.727. The van der Waals surface area contributed by atoms with Crippen molar-refractivity contribution in [1.29, 1.82) is 0 Å². The zero-order valence-electron chi connectivity index (χ0n) is 11.1. The number of carboxylic acid groups (broad SMARTS) is 1. The molecule has 1 aliphatic rings. The zero-order valence-corrected chi connectivity index (χ0v) is 11.1. The predicted octanol–water partition coefficient (Wildman–Crippen LogP) is -1.04. The summed E-state index contributed by atoms with van der Waals surface area (Å²) in [5.41, 5.74) is 0. The molecule has 1 unspecified atom stereocenters. The van der Waals surface area contributed by atoms with Crippen LogP contribution in [0.25, 0.3) is 0 Å². The molecule has 0 aromatic heterocycles. The first-order valence-corrected chi connectivity index (χ1v) is 6.06. The third kappa shape index (κ3) is 4.40. The van der Waals surface area contributed by atoms with Crippen LogP contribution in [0, 0.1) is 0 Å². The third-order valence-electron chi connectivity index (χ3n) is 2.92. The third-order valence-corrected chi connectivity index (χ3v) is 2.92. The molecule has 1 aliphatic heterocycles. The van der Waals surface area contributed by atoms with Crippen molar-refractivity contribution in [3.63, 3.8) is 0 Å². The van der Waals surface area contributed by atoms with Crippen LogP contribution in [-0.4, -0.2) is 78.8 Å². The van der Waals surface area contributed by atoms with E-state index in [-0.39, 0.29) is 25.6 Å². The Morgan fingerprint density at radius 2 is 2.16 bits per heavy atom. The van der Waals surface area contributed by atoms with Gasteiger partial charge in [0, 0.05) is 20.1 Å². The second-order valence-corrected chi connectivity index (χ2v) is 4.21. The molecule has 0 aliphatic carbocycles. The molecule has 0 spiro atoms. The van der Waals surface area contributed by atoms with Crippen LogP contribution in [0.2, 0.25) is 0 Å². The fourth-order valence-electron chi connectivity index (χ4n) is 1.56. The maximum Gasteiger partial charge on any atom is 0.334 e. The second kappa shape index (κ2) is 6.93. The largest absolute Gasteiger partial charge is 0.479 e. The molecule has 0 saturated carbocycles. The molecule has 1 fully saturated rings. The molecule has 0 radical (unpaired) electrons. The highest BCUT2D eigenvalue weighted by atomic mass is 16.5. The lowest BCUT2D eigenvalue weighted by atomic mass is 10.3. The molecule has 1 heterocycles. The minimum absolute atomic E-state index is 0.0149. The standard InChI is InChI=1S/C11H19N3O5/c1-3-13(2)9(15)6-12-11(18)14-4-5-19-8(7-14)10(16)17/h8H,3-7H2,1-2H3,(H,12,18)(H,16,17). The number of carbonyl (C=O) groups is 3. The minimum atomic E-state index is -1.10. The quantitative estimate of drug-likeness (QED) is 0.681. The molecule has 8 nitrogen and oxygen atoms in total. The number of rotatable bonds is 4. The first kappa shape index (κ1) is 15.2. The lowest BCUT2D eigenvalue weighted by molar-refractivity contribution is -0.154. The zero-order chi connectivity index (χ0) is 14.4. The van der Waals surface area contributed by atoms with E-state index in [9.17, 15) is 14.4 Å². The van der Waals surface area contributed by atoms with Crippen molar-refractivity contribution in [2.45, 2.75) is 13.0 Å². The minimum Gasteiger partial charge on any atom is -0.479 e. The van der Waals surface area contributed by atoms with Crippen molar-refractivity contribution in [3.8, 4) is 0 Å². The predicted molar refractivity (Wildman–Crippen MR) is 65.7 cm³/mol. The Hall–Kier alpha value is -1.83. The van der Waals surface area contributed by atoms with Gasteiger partial charge in [0.05, 0.1) is 19.7 Å². The molecule has 2 N–H and O–H groups in total. The normalized spacial score (nSPS) is 18.8. The van der Waals surface area contributed by atoms with Crippen LogP contribution in [0.1, 0.15) is 6.92 Å². The van der Waals surface area contributed by atoms with E-state index in [1.165, 1.54) is 9.80 Å². The Morgan fingerprint density at radius 1 is 1.47 bits per heavy atom. The summed E-state index contributed by atoms with van der Waals surface area (Å²) in [4.78, 5) is 36.9. The van der Waals surface area contributed by atoms with Gasteiger partial charge in [-0.15, -0.1) is 0 Å². The van der Waals surface area contributed by atoms with Gasteiger partial charge in [0.25, 0.3) is 0 Å². The SMILES string of the molecule is CCN(C)C(=O)CNC(=O)N1CCOC(C(=O)O)C1. The van der Waals surface area contributed by atoms with Gasteiger partial charge < -0.3 is 25.0 Å². The van der Waals surface area contributed by atoms with Gasteiger partial charge >= 0.3 is 12.0 Å². The summed E-state index contributed by atoms with van der Waals surface area (Å²) < 4.78 is 5.00. The van der Waals surface area contributed by atoms with Crippen LogP contribution in [0.3, 0.4) is 0 Å². The molecular formula is C11H19N3O5. The molecule has 0 aromatic rings. The van der Waals surface area contributed by atoms with Crippen molar-refractivity contribution in [1.82, 2.24) is 15.1 Å². The van der Waals surface area contributed by atoms with Crippen molar-refractivity contribution in [3.05, 3.63) is 0 Å². The lowest BCUT2D eigenvalue weighted by Gasteiger charge is -2.30. The van der Waals surface area contributed by atoms with Gasteiger partial charge in [-0.1, -0.05) is 0 Å². The van der Waals surface area contributed by atoms with E-state index in [1.54, 1.807) is 7.05 Å². The molecule has 1 saturated heterocycles. The summed E-state index contributed by atoms with van der Waals surface area (Å²) in [5, 5.41) is 11.3. The Labute approximate surface area is 111 Å². The number of likely N-dealkylation sites (N-methyl/N-ethyl adjacent to an activating group) is 1. The number of morpholine rings is 1. The Kier molecular flexibility index (Phi) is 5.56. The van der Waals surface area contributed by atoms with E-state index in [0.29, 0.717) is 13.1 Å². The van der Waals surface area contributed by atoms with Gasteiger partial charge in [-0.3, -0.25) is 4.79 Å². The summed E-state index contributed by atoms with van der Waals surface area (Å²) >= 11 is 0. The van der Waals surface area contributed by atoms with E-state index >= 15 is 0 Å². The van der Waals surface area contributed by atoms with Gasteiger partial charge in [-0.05, 0) is 6.92 Å². The van der Waals surface area contributed by atoms with Crippen LogP contribution in [0.15, 0.2) is 0 Å². The van der Waals surface area contributed by atoms with E-state index in [4.69, 9.17) is 9.84 Å². The molecular weight excluding hydrogens is 254 g/mol. The topological polar surface area (TPSA) is 99.2 Å². The fourth-order valence-corrected chi connectivity index (χ4v) is 1.56. The average Bonchev–Trinajstić information content (AvgIpc) is 2.43. The molecule has 0 bridgehead atoms. The number of urea groups is 1. The first-order chi connectivity index (χ1) is 8.95. The highest BCUT2D eigenvalue weighted by molar-refractivity contribution is 5.84. The van der Waals surface area contributed by atoms with Crippen molar-refractivity contribution >= 4 is 17.9 Å². The molecule has 8 heteroatoms. The van der Waals surface area contributed by atoms with Crippen molar-refractivity contribution in [2.75, 3.05) is 39.8 Å². The highest BCUT2D eigenvalue weighted by Crippen LogP contribution is 2.05. The van der Waals surface area contributed by atoms with E-state index in [1.807, 2.05) is 6.92 Å². The molecule has 0 aromatic carbocycles. The number of amides is 3. The molecule has 108 valence electrons. The van der Waals surface area contributed by atoms with E-state index in [2.05, 4.69) is 5.32 Å². The van der Waals surface area contributed by atoms with E-state index < -0.39 is 18.1 Å². The maximum absolute atomic E-state index is 11.8. The van der Waals surface area contributed by atoms with E-state index in [0.717, 1.165) is 0 Å². The number of hydrogen-bond donors (Lipinski definition) is 2. The first-order valence-electron chi connectivity index (χ1n) is 6.06. The van der Waals surface area contributed by atoms with Crippen LogP contribution in [0.4, 0.5) is 4.79 Å². The highest BCUT2D eigenvalue weighted by Gasteiger charge is 2.29. The number of ether oxygens (including phenoxy) is 1. The van der Waals surface area contributed by atoms with Crippen LogP contribution < -0.4 is 5.32 Å². The molecule has 1 rings (SSSR count). The average molecular weight is 273 g/mol. The van der Waals surface area contributed by atoms with Crippen LogP contribution >= 0.6 is 0 Å². The second-order valence-electron chi connectivity index (χ2n) is 4.21. The summed E-state index contributed by atoms with van der Waals surface area (Å²) in [7, 11) is 1.64. The van der Waals surface area contributed by atoms with Gasteiger partial charge in [-0.25, -0.2) is 9.59 Å². The number of aliphatic carboxylic acids is 1. The Bertz CT molecular complexity index is 360. The maximum atomic E-state index is 11.8. The van der Waals surface area contributed by atoms with Gasteiger partial charge in [-0.2, -0.15) is 0 Å². The Morgan fingerprint density at radius 3 is 2.74 bits per heavy atom. The summed E-state index contributed by atoms with van der Waals surface area (Å²) in [6, 6.07) is -0.451. The summed E-state index contributed by atoms with van der Waals surface area (Å²) in [6.07, 6.45) is -1.01. The smallest absolute Gasteiger partial charge is 0.334 e. The van der Waals surface area contributed by atoms with Gasteiger partial charge in [0.15, 0.2) is 6.10 Å². The number of carboxylic acids is 1. The van der Waals surface area contributed by atoms with Crippen molar-refractivity contribution < 1.29 is 24.2 Å². The number of carbonyl (C=O) groups excluding carboxylic acids is 2. The summed E-state index contributed by atoms with van der Waals surface area (Å²) in [5.74, 6) is -1.29. The molecule has 1 atom stereocenters. The van der Waals surface area contributed by atoms with Crippen LogP contribution in [0.5, 0.6) is 0 Å². The summed E-state index contributed by atoms with van der Waals surface area (Å²) in [6.45, 7) is 2.77. The lowest BCUT2D eigenvalue weighted by Crippen LogP contribution is -2.53. The number of nitrogens with one attached hydrogen (secondary N) is 1. The number of hydrogen-bond acceptors (Lipinski definition) is 4. The Balaban J connectivity index is 2.41. The van der Waals surface area contributed by atoms with Crippen molar-refractivity contribution in [2.24, 2.45) is 0 Å². The monoisotopic (exact) mass is 273 g/mol. The molecule has 3 amide bonds. The van der Waals surface area contributed by atoms with Gasteiger partial charge in [0.2, 0.25) is 5.91 Å². The van der Waals surface area contributed by atoms with Crippen LogP contribution in [-0.2, 0) is 14.3 Å². The molecule has 19 heavy (non-hydrogen) atoms. The van der Waals surface area contributed by atoms with Gasteiger partial charge in [0.1, 0.15) is 0 Å².